The zero-order chi connectivity index (χ0) is 18.0. The van der Waals surface area contributed by atoms with Gasteiger partial charge in [-0.2, -0.15) is 0 Å². The van der Waals surface area contributed by atoms with E-state index in [1.807, 2.05) is 0 Å². The minimum Gasteiger partial charge on any atom is -0.482 e. The van der Waals surface area contributed by atoms with Crippen LogP contribution in [-0.2, 0) is 9.59 Å². The van der Waals surface area contributed by atoms with Crippen molar-refractivity contribution >= 4 is 23.2 Å². The van der Waals surface area contributed by atoms with E-state index in [1.165, 1.54) is 29.4 Å². The Hall–Kier alpha value is -3.36. The molecule has 9 nitrogen and oxygen atoms in total. The Balaban J connectivity index is 1.78. The van der Waals surface area contributed by atoms with E-state index in [-0.39, 0.29) is 30.6 Å². The zero-order valence-corrected chi connectivity index (χ0v) is 13.3. The first-order valence-electron chi connectivity index (χ1n) is 7.50. The van der Waals surface area contributed by atoms with E-state index in [4.69, 9.17) is 9.15 Å². The second-order valence-corrected chi connectivity index (χ2v) is 5.48. The molecule has 0 saturated carbocycles. The number of hydrogen-bond acceptors (Lipinski definition) is 6. The molecule has 0 saturated heterocycles. The van der Waals surface area contributed by atoms with Gasteiger partial charge in [0.2, 0.25) is 5.91 Å². The van der Waals surface area contributed by atoms with E-state index in [0.717, 1.165) is 0 Å². The molecule has 1 aromatic carbocycles. The highest BCUT2D eigenvalue weighted by atomic mass is 16.6. The quantitative estimate of drug-likeness (QED) is 0.652. The monoisotopic (exact) mass is 345 g/mol. The fourth-order valence-corrected chi connectivity index (χ4v) is 2.52. The molecule has 0 aliphatic carbocycles. The number of furan rings is 1. The van der Waals surface area contributed by atoms with Gasteiger partial charge in [0.25, 0.3) is 11.6 Å². The van der Waals surface area contributed by atoms with Crippen LogP contribution in [0.25, 0.3) is 0 Å². The first kappa shape index (κ1) is 16.5. The first-order valence-corrected chi connectivity index (χ1v) is 7.50. The third-order valence-electron chi connectivity index (χ3n) is 3.75. The van der Waals surface area contributed by atoms with Crippen molar-refractivity contribution in [1.82, 2.24) is 5.32 Å². The van der Waals surface area contributed by atoms with Crippen molar-refractivity contribution in [3.8, 4) is 5.75 Å². The highest BCUT2D eigenvalue weighted by molar-refractivity contribution is 6.02. The van der Waals surface area contributed by atoms with Gasteiger partial charge in [0.05, 0.1) is 22.9 Å². The lowest BCUT2D eigenvalue weighted by atomic mass is 10.2. The van der Waals surface area contributed by atoms with E-state index < -0.39 is 16.7 Å². The van der Waals surface area contributed by atoms with Gasteiger partial charge in [-0.15, -0.1) is 0 Å². The summed E-state index contributed by atoms with van der Waals surface area (Å²) < 4.78 is 10.5. The average molecular weight is 345 g/mol. The normalized spacial score (nSPS) is 14.4. The lowest BCUT2D eigenvalue weighted by molar-refractivity contribution is -0.384. The van der Waals surface area contributed by atoms with Gasteiger partial charge in [0, 0.05) is 12.1 Å². The van der Waals surface area contributed by atoms with Crippen LogP contribution in [0.1, 0.15) is 18.7 Å². The number of non-ortho nitro benzene ring substituents is 1. The van der Waals surface area contributed by atoms with Gasteiger partial charge < -0.3 is 14.5 Å². The summed E-state index contributed by atoms with van der Waals surface area (Å²) in [6.45, 7) is 1.24. The molecule has 2 amide bonds. The molecule has 25 heavy (non-hydrogen) atoms. The largest absolute Gasteiger partial charge is 0.482 e. The number of nitro groups is 1. The summed E-state index contributed by atoms with van der Waals surface area (Å²) >= 11 is 0. The van der Waals surface area contributed by atoms with Gasteiger partial charge in [-0.1, -0.05) is 0 Å². The fourth-order valence-electron chi connectivity index (χ4n) is 2.52. The van der Waals surface area contributed by atoms with Gasteiger partial charge in [0.1, 0.15) is 18.1 Å². The predicted octanol–water partition coefficient (Wildman–Crippen LogP) is 1.79. The number of benzene rings is 1. The number of nitro benzene ring substituents is 1. The molecule has 1 aliphatic rings. The van der Waals surface area contributed by atoms with Crippen molar-refractivity contribution in [1.29, 1.82) is 0 Å². The molecule has 130 valence electrons. The van der Waals surface area contributed by atoms with Crippen LogP contribution in [0, 0.1) is 10.1 Å². The van der Waals surface area contributed by atoms with Gasteiger partial charge in [-0.05, 0) is 25.1 Å². The molecule has 2 aromatic rings. The molecule has 1 aromatic heterocycles. The van der Waals surface area contributed by atoms with Gasteiger partial charge in [-0.25, -0.2) is 0 Å². The maximum atomic E-state index is 12.3. The summed E-state index contributed by atoms with van der Waals surface area (Å²) in [7, 11) is 0. The Morgan fingerprint density at radius 3 is 2.92 bits per heavy atom. The summed E-state index contributed by atoms with van der Waals surface area (Å²) in [5.41, 5.74) is 0.0117. The standard InChI is InChI=1S/C16H15N3O6/c1-10(13-3-2-6-24-13)17-15(20)8-18-12-7-11(19(22)23)4-5-14(12)25-9-16(18)21/h2-7,10H,8-9H2,1H3,(H,17,20)/t10-/m1/s1. The Bertz CT molecular complexity index is 817. The van der Waals surface area contributed by atoms with Crippen LogP contribution in [0.3, 0.4) is 0 Å². The highest BCUT2D eigenvalue weighted by Gasteiger charge is 2.29. The fraction of sp³-hybridized carbons (Fsp3) is 0.250. The van der Waals surface area contributed by atoms with Crippen molar-refractivity contribution in [3.63, 3.8) is 0 Å². The number of fused-ring (bicyclic) bond motifs is 1. The summed E-state index contributed by atoms with van der Waals surface area (Å²) in [5, 5.41) is 13.7. The highest BCUT2D eigenvalue weighted by Crippen LogP contribution is 2.35. The van der Waals surface area contributed by atoms with E-state index in [1.54, 1.807) is 19.1 Å². The maximum absolute atomic E-state index is 12.3. The van der Waals surface area contributed by atoms with Gasteiger partial charge in [-0.3, -0.25) is 24.6 Å². The topological polar surface area (TPSA) is 115 Å². The Morgan fingerprint density at radius 1 is 1.44 bits per heavy atom. The summed E-state index contributed by atoms with van der Waals surface area (Å²) in [4.78, 5) is 35.9. The van der Waals surface area contributed by atoms with E-state index >= 15 is 0 Å². The zero-order valence-electron chi connectivity index (χ0n) is 13.3. The molecule has 0 unspecified atom stereocenters. The van der Waals surface area contributed by atoms with Crippen molar-refractivity contribution in [2.24, 2.45) is 0 Å². The predicted molar refractivity (Wildman–Crippen MR) is 86.2 cm³/mol. The number of ether oxygens (including phenoxy) is 1. The van der Waals surface area contributed by atoms with Crippen LogP contribution in [0.4, 0.5) is 11.4 Å². The minimum absolute atomic E-state index is 0.189. The molecule has 0 fully saturated rings. The van der Waals surface area contributed by atoms with E-state index in [0.29, 0.717) is 11.5 Å². The lowest BCUT2D eigenvalue weighted by Gasteiger charge is -2.28. The molecule has 2 heterocycles. The number of carbonyl (C=O) groups is 2. The summed E-state index contributed by atoms with van der Waals surface area (Å²) in [6.07, 6.45) is 1.50. The van der Waals surface area contributed by atoms with Crippen LogP contribution in [0.5, 0.6) is 5.75 Å². The maximum Gasteiger partial charge on any atom is 0.271 e. The van der Waals surface area contributed by atoms with Gasteiger partial charge in [0.15, 0.2) is 6.61 Å². The van der Waals surface area contributed by atoms with Crippen molar-refractivity contribution in [2.75, 3.05) is 18.1 Å². The molecule has 0 bridgehead atoms. The summed E-state index contributed by atoms with van der Waals surface area (Å²) in [6, 6.07) is 6.98. The number of amides is 2. The van der Waals surface area contributed by atoms with Crippen LogP contribution >= 0.6 is 0 Å². The molecule has 0 spiro atoms. The third-order valence-corrected chi connectivity index (χ3v) is 3.75. The molecular formula is C16H15N3O6. The number of rotatable bonds is 5. The van der Waals surface area contributed by atoms with Crippen molar-refractivity contribution in [3.05, 3.63) is 52.5 Å². The molecule has 1 aliphatic heterocycles. The molecule has 9 heteroatoms. The number of nitrogens with one attached hydrogen (secondary N) is 1. The Labute approximate surface area is 142 Å². The average Bonchev–Trinajstić information content (AvgIpc) is 3.11. The number of anilines is 1. The summed E-state index contributed by atoms with van der Waals surface area (Å²) in [5.74, 6) is 0.0279. The second-order valence-electron chi connectivity index (χ2n) is 5.48. The second kappa shape index (κ2) is 6.63. The SMILES string of the molecule is C[C@@H](NC(=O)CN1C(=O)COc2ccc([N+](=O)[O-])cc21)c1ccco1. The van der Waals surface area contributed by atoms with Crippen LogP contribution in [0.15, 0.2) is 41.0 Å². The molecule has 1 atom stereocenters. The van der Waals surface area contributed by atoms with E-state index in [2.05, 4.69) is 5.32 Å². The molecule has 3 rings (SSSR count). The molecule has 0 radical (unpaired) electrons. The van der Waals surface area contributed by atoms with Crippen molar-refractivity contribution in [2.45, 2.75) is 13.0 Å². The van der Waals surface area contributed by atoms with Crippen LogP contribution in [-0.4, -0.2) is 29.9 Å². The smallest absolute Gasteiger partial charge is 0.271 e. The lowest BCUT2D eigenvalue weighted by Crippen LogP contribution is -2.45. The van der Waals surface area contributed by atoms with Crippen LogP contribution < -0.4 is 15.0 Å². The Morgan fingerprint density at radius 2 is 2.24 bits per heavy atom. The molecule has 1 N–H and O–H groups in total. The number of carbonyl (C=O) groups excluding carboxylic acids is 2. The number of nitrogens with zero attached hydrogens (tertiary/aromatic N) is 2. The molecular weight excluding hydrogens is 330 g/mol. The first-order chi connectivity index (χ1) is 12.0. The number of hydrogen-bond donors (Lipinski definition) is 1. The van der Waals surface area contributed by atoms with Gasteiger partial charge >= 0.3 is 0 Å². The van der Waals surface area contributed by atoms with Crippen molar-refractivity contribution < 1.29 is 23.7 Å². The third kappa shape index (κ3) is 3.44. The van der Waals surface area contributed by atoms with E-state index in [9.17, 15) is 19.7 Å². The minimum atomic E-state index is -0.573. The Kier molecular flexibility index (Phi) is 4.38. The van der Waals surface area contributed by atoms with Crippen LogP contribution in [0.2, 0.25) is 0 Å².